The van der Waals surface area contributed by atoms with E-state index in [1.165, 1.54) is 29.0 Å². The zero-order valence-corrected chi connectivity index (χ0v) is 9.35. The molecule has 1 unspecified atom stereocenters. The second kappa shape index (κ2) is 4.43. The van der Waals surface area contributed by atoms with Crippen molar-refractivity contribution in [1.29, 1.82) is 0 Å². The van der Waals surface area contributed by atoms with Gasteiger partial charge in [-0.05, 0) is 38.3 Å². The molecule has 14 heavy (non-hydrogen) atoms. The molecule has 1 aliphatic carbocycles. The summed E-state index contributed by atoms with van der Waals surface area (Å²) in [6.45, 7) is 2.71. The highest BCUT2D eigenvalue weighted by Crippen LogP contribution is 2.31. The SMILES string of the molecule is Cc1ccc(C(CN)OC2CCC2)s1. The molecule has 3 heteroatoms. The first-order chi connectivity index (χ1) is 6.79. The number of thiophene rings is 1. The van der Waals surface area contributed by atoms with E-state index in [1.807, 2.05) is 0 Å². The zero-order valence-electron chi connectivity index (χ0n) is 8.53. The fourth-order valence-corrected chi connectivity index (χ4v) is 2.53. The lowest BCUT2D eigenvalue weighted by Crippen LogP contribution is -2.27. The van der Waals surface area contributed by atoms with Gasteiger partial charge in [0.05, 0.1) is 6.10 Å². The van der Waals surface area contributed by atoms with Crippen LogP contribution in [0.5, 0.6) is 0 Å². The van der Waals surface area contributed by atoms with Gasteiger partial charge >= 0.3 is 0 Å². The Bertz CT molecular complexity index is 293. The third kappa shape index (κ3) is 2.16. The maximum Gasteiger partial charge on any atom is 0.104 e. The van der Waals surface area contributed by atoms with Crippen LogP contribution in [0.1, 0.15) is 35.1 Å². The van der Waals surface area contributed by atoms with E-state index in [4.69, 9.17) is 10.5 Å². The molecular weight excluding hydrogens is 194 g/mol. The Balaban J connectivity index is 1.97. The van der Waals surface area contributed by atoms with Gasteiger partial charge in [-0.25, -0.2) is 0 Å². The van der Waals surface area contributed by atoms with Gasteiger partial charge in [-0.1, -0.05) is 0 Å². The van der Waals surface area contributed by atoms with Crippen LogP contribution in [0.15, 0.2) is 12.1 Å². The standard InChI is InChI=1S/C11H17NOS/c1-8-5-6-11(14-8)10(7-12)13-9-3-2-4-9/h5-6,9-10H,2-4,7,12H2,1H3. The van der Waals surface area contributed by atoms with Crippen molar-refractivity contribution in [2.24, 2.45) is 5.73 Å². The fourth-order valence-electron chi connectivity index (χ4n) is 1.60. The van der Waals surface area contributed by atoms with Gasteiger partial charge in [-0.15, -0.1) is 11.3 Å². The molecule has 1 aliphatic rings. The molecule has 0 radical (unpaired) electrons. The third-order valence-corrected chi connectivity index (χ3v) is 3.79. The van der Waals surface area contributed by atoms with Gasteiger partial charge in [-0.2, -0.15) is 0 Å². The molecule has 2 nitrogen and oxygen atoms in total. The van der Waals surface area contributed by atoms with Crippen LogP contribution in [0.2, 0.25) is 0 Å². The largest absolute Gasteiger partial charge is 0.368 e. The summed E-state index contributed by atoms with van der Waals surface area (Å²) in [4.78, 5) is 2.60. The number of hydrogen-bond donors (Lipinski definition) is 1. The molecule has 1 aromatic heterocycles. The molecule has 0 aromatic carbocycles. The average molecular weight is 211 g/mol. The van der Waals surface area contributed by atoms with Gasteiger partial charge in [0.1, 0.15) is 6.10 Å². The van der Waals surface area contributed by atoms with E-state index in [-0.39, 0.29) is 6.10 Å². The van der Waals surface area contributed by atoms with Crippen LogP contribution < -0.4 is 5.73 Å². The van der Waals surface area contributed by atoms with Gasteiger partial charge < -0.3 is 10.5 Å². The molecule has 1 saturated carbocycles. The predicted molar refractivity (Wildman–Crippen MR) is 59.6 cm³/mol. The van der Waals surface area contributed by atoms with Gasteiger partial charge in [0.25, 0.3) is 0 Å². The summed E-state index contributed by atoms with van der Waals surface area (Å²) < 4.78 is 5.92. The van der Waals surface area contributed by atoms with E-state index in [9.17, 15) is 0 Å². The summed E-state index contributed by atoms with van der Waals surface area (Å²) in [5.41, 5.74) is 5.72. The summed E-state index contributed by atoms with van der Waals surface area (Å²) in [6, 6.07) is 4.27. The molecule has 2 N–H and O–H groups in total. The number of nitrogens with two attached hydrogens (primary N) is 1. The van der Waals surface area contributed by atoms with Crippen LogP contribution in [-0.2, 0) is 4.74 Å². The van der Waals surface area contributed by atoms with Crippen LogP contribution in [-0.4, -0.2) is 12.6 Å². The Labute approximate surface area is 89.1 Å². The molecule has 0 amide bonds. The van der Waals surface area contributed by atoms with Crippen molar-refractivity contribution in [3.05, 3.63) is 21.9 Å². The van der Waals surface area contributed by atoms with E-state index in [2.05, 4.69) is 19.1 Å². The topological polar surface area (TPSA) is 35.2 Å². The zero-order chi connectivity index (χ0) is 9.97. The van der Waals surface area contributed by atoms with E-state index in [0.717, 1.165) is 0 Å². The van der Waals surface area contributed by atoms with Crippen LogP contribution in [0.25, 0.3) is 0 Å². The first-order valence-electron chi connectivity index (χ1n) is 5.21. The Morgan fingerprint density at radius 2 is 2.36 bits per heavy atom. The van der Waals surface area contributed by atoms with Crippen molar-refractivity contribution in [3.8, 4) is 0 Å². The molecule has 2 rings (SSSR count). The summed E-state index contributed by atoms with van der Waals surface area (Å²) in [5.74, 6) is 0. The number of ether oxygens (including phenoxy) is 1. The highest BCUT2D eigenvalue weighted by molar-refractivity contribution is 7.12. The maximum absolute atomic E-state index is 5.92. The Hall–Kier alpha value is -0.380. The lowest BCUT2D eigenvalue weighted by molar-refractivity contribution is -0.0472. The van der Waals surface area contributed by atoms with Crippen LogP contribution >= 0.6 is 11.3 Å². The van der Waals surface area contributed by atoms with Crippen molar-refractivity contribution in [3.63, 3.8) is 0 Å². The average Bonchev–Trinajstić information content (AvgIpc) is 2.50. The van der Waals surface area contributed by atoms with E-state index in [1.54, 1.807) is 11.3 Å². The lowest BCUT2D eigenvalue weighted by Gasteiger charge is -2.29. The number of rotatable bonds is 4. The van der Waals surface area contributed by atoms with Gasteiger partial charge in [0, 0.05) is 16.3 Å². The van der Waals surface area contributed by atoms with Gasteiger partial charge in [-0.3, -0.25) is 0 Å². The normalized spacial score (nSPS) is 19.3. The molecule has 0 spiro atoms. The Morgan fingerprint density at radius 1 is 1.57 bits per heavy atom. The Kier molecular flexibility index (Phi) is 3.21. The molecule has 78 valence electrons. The maximum atomic E-state index is 5.92. The first kappa shape index (κ1) is 10.1. The van der Waals surface area contributed by atoms with E-state index in [0.29, 0.717) is 12.6 Å². The third-order valence-electron chi connectivity index (χ3n) is 2.70. The van der Waals surface area contributed by atoms with E-state index >= 15 is 0 Å². The summed E-state index contributed by atoms with van der Waals surface area (Å²) in [7, 11) is 0. The molecule has 0 saturated heterocycles. The quantitative estimate of drug-likeness (QED) is 0.831. The van der Waals surface area contributed by atoms with Crippen molar-refractivity contribution in [1.82, 2.24) is 0 Å². The minimum Gasteiger partial charge on any atom is -0.368 e. The van der Waals surface area contributed by atoms with E-state index < -0.39 is 0 Å². The van der Waals surface area contributed by atoms with Gasteiger partial charge in [0.2, 0.25) is 0 Å². The molecular formula is C11H17NOS. The van der Waals surface area contributed by atoms with Crippen LogP contribution in [0, 0.1) is 6.92 Å². The van der Waals surface area contributed by atoms with Crippen molar-refractivity contribution >= 4 is 11.3 Å². The molecule has 1 aromatic rings. The minimum absolute atomic E-state index is 0.124. The van der Waals surface area contributed by atoms with Crippen molar-refractivity contribution in [2.75, 3.05) is 6.54 Å². The van der Waals surface area contributed by atoms with Crippen molar-refractivity contribution < 1.29 is 4.74 Å². The minimum atomic E-state index is 0.124. The number of hydrogen-bond acceptors (Lipinski definition) is 3. The van der Waals surface area contributed by atoms with Gasteiger partial charge in [0.15, 0.2) is 0 Å². The van der Waals surface area contributed by atoms with Crippen LogP contribution in [0.3, 0.4) is 0 Å². The molecule has 0 bridgehead atoms. The van der Waals surface area contributed by atoms with Crippen molar-refractivity contribution in [2.45, 2.75) is 38.4 Å². The smallest absolute Gasteiger partial charge is 0.104 e. The molecule has 1 atom stereocenters. The summed E-state index contributed by atoms with van der Waals surface area (Å²) in [5, 5.41) is 0. The second-order valence-corrected chi connectivity index (χ2v) is 5.18. The number of aryl methyl sites for hydroxylation is 1. The second-order valence-electron chi connectivity index (χ2n) is 3.86. The summed E-state index contributed by atoms with van der Waals surface area (Å²) >= 11 is 1.79. The first-order valence-corrected chi connectivity index (χ1v) is 6.03. The predicted octanol–water partition coefficient (Wildman–Crippen LogP) is 2.63. The lowest BCUT2D eigenvalue weighted by atomic mass is 9.96. The molecule has 0 aliphatic heterocycles. The Morgan fingerprint density at radius 3 is 2.79 bits per heavy atom. The van der Waals surface area contributed by atoms with Crippen LogP contribution in [0.4, 0.5) is 0 Å². The highest BCUT2D eigenvalue weighted by atomic mass is 32.1. The summed E-state index contributed by atoms with van der Waals surface area (Å²) in [6.07, 6.45) is 4.32. The highest BCUT2D eigenvalue weighted by Gasteiger charge is 2.23. The molecule has 1 fully saturated rings. The fraction of sp³-hybridized carbons (Fsp3) is 0.636. The molecule has 1 heterocycles. The monoisotopic (exact) mass is 211 g/mol.